The molecule has 2 heterocycles. The van der Waals surface area contributed by atoms with Gasteiger partial charge in [0, 0.05) is 6.54 Å². The largest absolute Gasteiger partial charge is 0.495 e. The number of benzene rings is 2. The molecule has 0 fully saturated rings. The van der Waals surface area contributed by atoms with Crippen LogP contribution in [0, 0.1) is 15.3 Å². The molecule has 0 aliphatic rings. The van der Waals surface area contributed by atoms with E-state index in [1.807, 2.05) is 34.9 Å². The van der Waals surface area contributed by atoms with Crippen LogP contribution in [0.4, 0.5) is 0 Å². The van der Waals surface area contributed by atoms with E-state index in [1.165, 1.54) is 33.2 Å². The smallest absolute Gasteiger partial charge is 0.278 e. The summed E-state index contributed by atoms with van der Waals surface area (Å²) in [7, 11) is 1.56. The number of fused-ring (bicyclic) bond motifs is 1. The highest BCUT2D eigenvalue weighted by molar-refractivity contribution is 7.99. The summed E-state index contributed by atoms with van der Waals surface area (Å²) in [5, 5.41) is 9.55. The molecule has 0 radical (unpaired) electrons. The number of methoxy groups -OCH3 is 1. The lowest BCUT2D eigenvalue weighted by molar-refractivity contribution is 0.411. The molecule has 0 saturated carbocycles. The lowest BCUT2D eigenvalue weighted by atomic mass is 10.1. The number of ether oxygens (including phenoxy) is 1. The molecule has 4 rings (SSSR count). The first-order valence-corrected chi connectivity index (χ1v) is 11.7. The first-order chi connectivity index (χ1) is 15.1. The molecule has 31 heavy (non-hydrogen) atoms. The first-order valence-electron chi connectivity index (χ1n) is 9.47. The number of aryl methyl sites for hydroxylation is 2. The molecule has 0 bridgehead atoms. The molecule has 0 N–H and O–H groups in total. The van der Waals surface area contributed by atoms with E-state index in [2.05, 4.69) is 18.2 Å². The number of aromatic nitrogens is 3. The van der Waals surface area contributed by atoms with Crippen LogP contribution in [0.3, 0.4) is 0 Å². The van der Waals surface area contributed by atoms with Crippen LogP contribution in [0.1, 0.15) is 5.56 Å². The molecule has 0 atom stereocenters. The first kappa shape index (κ1) is 21.3. The minimum Gasteiger partial charge on any atom is -0.495 e. The molecular formula is C22H18N4O2S3. The molecule has 156 valence electrons. The Kier molecular flexibility index (Phi) is 6.51. The van der Waals surface area contributed by atoms with E-state index in [4.69, 9.17) is 27.2 Å². The van der Waals surface area contributed by atoms with Gasteiger partial charge < -0.3 is 9.30 Å². The van der Waals surface area contributed by atoms with Gasteiger partial charge in [-0.15, -0.1) is 0 Å². The third-order valence-corrected chi connectivity index (χ3v) is 6.95. The van der Waals surface area contributed by atoms with Gasteiger partial charge >= 0.3 is 0 Å². The molecule has 0 spiro atoms. The molecule has 0 amide bonds. The maximum absolute atomic E-state index is 13.5. The average molecular weight is 467 g/mol. The minimum atomic E-state index is -0.218. The lowest BCUT2D eigenvalue weighted by Crippen LogP contribution is -2.22. The van der Waals surface area contributed by atoms with Crippen LogP contribution in [0.15, 0.2) is 64.5 Å². The van der Waals surface area contributed by atoms with Crippen molar-refractivity contribution in [1.82, 2.24) is 14.1 Å². The van der Waals surface area contributed by atoms with Crippen LogP contribution in [0.25, 0.3) is 16.0 Å². The maximum atomic E-state index is 13.5. The van der Waals surface area contributed by atoms with E-state index in [9.17, 15) is 4.79 Å². The van der Waals surface area contributed by atoms with Gasteiger partial charge in [0.05, 0.1) is 24.6 Å². The number of para-hydroxylation sites is 2. The summed E-state index contributed by atoms with van der Waals surface area (Å²) in [4.78, 5) is 18.3. The number of hydrogen-bond donors (Lipinski definition) is 0. The SMILES string of the molecule is COc1ccccc1-n1c(SCC#N)nc2c(sc(=S)n2CCc2ccccc2)c1=O. The predicted octanol–water partition coefficient (Wildman–Crippen LogP) is 4.85. The van der Waals surface area contributed by atoms with Crippen LogP contribution in [-0.2, 0) is 13.0 Å². The maximum Gasteiger partial charge on any atom is 0.278 e. The summed E-state index contributed by atoms with van der Waals surface area (Å²) in [6.45, 7) is 0.621. The predicted molar refractivity (Wildman–Crippen MR) is 127 cm³/mol. The van der Waals surface area contributed by atoms with E-state index in [0.717, 1.165) is 6.42 Å². The third kappa shape index (κ3) is 4.28. The molecule has 6 nitrogen and oxygen atoms in total. The van der Waals surface area contributed by atoms with Crippen molar-refractivity contribution in [2.75, 3.05) is 12.9 Å². The van der Waals surface area contributed by atoms with Gasteiger partial charge in [-0.25, -0.2) is 4.98 Å². The van der Waals surface area contributed by atoms with Crippen LogP contribution < -0.4 is 10.3 Å². The van der Waals surface area contributed by atoms with Crippen LogP contribution >= 0.6 is 35.3 Å². The summed E-state index contributed by atoms with van der Waals surface area (Å²) in [5.41, 5.74) is 2.11. The topological polar surface area (TPSA) is 72.8 Å². The monoisotopic (exact) mass is 466 g/mol. The molecule has 0 saturated heterocycles. The van der Waals surface area contributed by atoms with Gasteiger partial charge in [-0.3, -0.25) is 9.36 Å². The highest BCUT2D eigenvalue weighted by Crippen LogP contribution is 2.28. The standard InChI is InChI=1S/C22H18N4O2S3/c1-28-17-10-6-5-9-16(17)26-20(27)18-19(24-21(26)30-14-12-23)25(22(29)31-18)13-11-15-7-3-2-4-8-15/h2-10H,11,13-14H2,1H3. The fourth-order valence-electron chi connectivity index (χ4n) is 3.28. The van der Waals surface area contributed by atoms with E-state index in [-0.39, 0.29) is 11.3 Å². The van der Waals surface area contributed by atoms with Crippen LogP contribution in [0.5, 0.6) is 5.75 Å². The van der Waals surface area contributed by atoms with Crippen molar-refractivity contribution in [3.8, 4) is 17.5 Å². The zero-order valence-corrected chi connectivity index (χ0v) is 19.1. The van der Waals surface area contributed by atoms with Crippen molar-refractivity contribution in [2.45, 2.75) is 18.1 Å². The normalized spacial score (nSPS) is 10.8. The quantitative estimate of drug-likeness (QED) is 0.220. The number of nitrogens with zero attached hydrogens (tertiary/aromatic N) is 4. The highest BCUT2D eigenvalue weighted by Gasteiger charge is 2.20. The van der Waals surface area contributed by atoms with Gasteiger partial charge in [0.1, 0.15) is 10.4 Å². The zero-order chi connectivity index (χ0) is 21.8. The summed E-state index contributed by atoms with van der Waals surface area (Å²) in [6.07, 6.45) is 0.777. The molecule has 9 heteroatoms. The van der Waals surface area contributed by atoms with E-state index in [1.54, 1.807) is 19.2 Å². The Morgan fingerprint density at radius 1 is 1.19 bits per heavy atom. The van der Waals surface area contributed by atoms with Crippen LogP contribution in [-0.4, -0.2) is 27.0 Å². The second-order valence-electron chi connectivity index (χ2n) is 6.56. The van der Waals surface area contributed by atoms with Crippen molar-refractivity contribution in [1.29, 1.82) is 5.26 Å². The molecule has 0 aliphatic carbocycles. The number of thioether (sulfide) groups is 1. The van der Waals surface area contributed by atoms with Crippen molar-refractivity contribution in [2.24, 2.45) is 0 Å². The number of hydrogen-bond acceptors (Lipinski definition) is 7. The molecule has 0 unspecified atom stereocenters. The second kappa shape index (κ2) is 9.47. The Balaban J connectivity index is 1.88. The van der Waals surface area contributed by atoms with Gasteiger partial charge in [0.15, 0.2) is 14.8 Å². The summed E-state index contributed by atoms with van der Waals surface area (Å²) >= 11 is 8.05. The number of nitriles is 1. The van der Waals surface area contributed by atoms with Crippen LogP contribution in [0.2, 0.25) is 0 Å². The van der Waals surface area contributed by atoms with Gasteiger partial charge in [0.2, 0.25) is 0 Å². The highest BCUT2D eigenvalue weighted by atomic mass is 32.2. The Hall–Kier alpha value is -2.93. The number of rotatable bonds is 7. The molecule has 2 aromatic heterocycles. The fourth-order valence-corrected chi connectivity index (χ4v) is 5.25. The van der Waals surface area contributed by atoms with Crippen molar-refractivity contribution in [3.63, 3.8) is 0 Å². The average Bonchev–Trinajstić information content (AvgIpc) is 3.12. The number of thiazole rings is 1. The van der Waals surface area contributed by atoms with Gasteiger partial charge in [-0.05, 0) is 36.3 Å². The Labute approximate surface area is 192 Å². The zero-order valence-electron chi connectivity index (χ0n) is 16.6. The molecule has 4 aromatic rings. The van der Waals surface area contributed by atoms with E-state index >= 15 is 0 Å². The van der Waals surface area contributed by atoms with Gasteiger partial charge in [-0.1, -0.05) is 65.6 Å². The van der Waals surface area contributed by atoms with Gasteiger partial charge in [0.25, 0.3) is 5.56 Å². The summed E-state index contributed by atoms with van der Waals surface area (Å²) in [6, 6.07) is 19.5. The Morgan fingerprint density at radius 3 is 2.68 bits per heavy atom. The Bertz CT molecular complexity index is 1380. The van der Waals surface area contributed by atoms with Gasteiger partial charge in [-0.2, -0.15) is 5.26 Å². The van der Waals surface area contributed by atoms with E-state index in [0.29, 0.717) is 37.4 Å². The van der Waals surface area contributed by atoms with E-state index < -0.39 is 0 Å². The Morgan fingerprint density at radius 2 is 1.94 bits per heavy atom. The third-order valence-electron chi connectivity index (χ3n) is 4.72. The summed E-state index contributed by atoms with van der Waals surface area (Å²) in [5.74, 6) is 0.721. The minimum absolute atomic E-state index is 0.169. The fraction of sp³-hybridized carbons (Fsp3) is 0.182. The lowest BCUT2D eigenvalue weighted by Gasteiger charge is -2.14. The van der Waals surface area contributed by atoms with Crippen molar-refractivity contribution in [3.05, 3.63) is 74.5 Å². The second-order valence-corrected chi connectivity index (χ2v) is 9.15. The molecule has 2 aromatic carbocycles. The molecule has 0 aliphatic heterocycles. The summed E-state index contributed by atoms with van der Waals surface area (Å²) < 4.78 is 9.97. The van der Waals surface area contributed by atoms with Crippen molar-refractivity contribution < 1.29 is 4.74 Å². The van der Waals surface area contributed by atoms with Crippen molar-refractivity contribution >= 4 is 45.7 Å². The molecular weight excluding hydrogens is 448 g/mol.